The standard InChI is InChI=1S/C20H20N2O3/c21-13-14-6-8-18(9-7-14)25-19-11-16(10-17(23)12-19)22-20(24)15-4-2-1-3-5-15/h6-12,15,23H,1-5H2,(H,22,24). The van der Waals surface area contributed by atoms with Crippen molar-refractivity contribution in [2.75, 3.05) is 5.32 Å². The average molecular weight is 336 g/mol. The van der Waals surface area contributed by atoms with Gasteiger partial charge in [0.15, 0.2) is 0 Å². The van der Waals surface area contributed by atoms with Crippen LogP contribution in [0.2, 0.25) is 0 Å². The zero-order valence-corrected chi connectivity index (χ0v) is 13.9. The maximum absolute atomic E-state index is 12.4. The SMILES string of the molecule is N#Cc1ccc(Oc2cc(O)cc(NC(=O)C3CCCCC3)c2)cc1. The first-order chi connectivity index (χ1) is 12.1. The number of hydrogen-bond acceptors (Lipinski definition) is 4. The van der Waals surface area contributed by atoms with Crippen LogP contribution in [-0.2, 0) is 4.79 Å². The van der Waals surface area contributed by atoms with Crippen LogP contribution < -0.4 is 10.1 Å². The number of benzene rings is 2. The van der Waals surface area contributed by atoms with Gasteiger partial charge < -0.3 is 15.2 Å². The van der Waals surface area contributed by atoms with Gasteiger partial charge in [0.25, 0.3) is 0 Å². The number of rotatable bonds is 4. The summed E-state index contributed by atoms with van der Waals surface area (Å²) in [4.78, 5) is 12.4. The molecular weight excluding hydrogens is 316 g/mol. The number of phenols is 1. The summed E-state index contributed by atoms with van der Waals surface area (Å²) in [7, 11) is 0. The van der Waals surface area contributed by atoms with Gasteiger partial charge in [-0.1, -0.05) is 19.3 Å². The molecule has 0 aromatic heterocycles. The third-order valence-corrected chi connectivity index (χ3v) is 4.35. The molecule has 1 saturated carbocycles. The van der Waals surface area contributed by atoms with E-state index in [1.165, 1.54) is 18.6 Å². The topological polar surface area (TPSA) is 82.3 Å². The van der Waals surface area contributed by atoms with E-state index in [-0.39, 0.29) is 17.6 Å². The van der Waals surface area contributed by atoms with Crippen molar-refractivity contribution in [3.63, 3.8) is 0 Å². The van der Waals surface area contributed by atoms with Crippen LogP contribution in [0, 0.1) is 17.2 Å². The van der Waals surface area contributed by atoms with E-state index in [4.69, 9.17) is 10.00 Å². The number of nitrogens with zero attached hydrogens (tertiary/aromatic N) is 1. The summed E-state index contributed by atoms with van der Waals surface area (Å²) in [5.74, 6) is 1.02. The van der Waals surface area contributed by atoms with E-state index < -0.39 is 0 Å². The summed E-state index contributed by atoms with van der Waals surface area (Å²) in [5, 5.41) is 21.6. The summed E-state index contributed by atoms with van der Waals surface area (Å²) < 4.78 is 5.71. The molecule has 1 fully saturated rings. The average Bonchev–Trinajstić information content (AvgIpc) is 2.62. The molecule has 2 aromatic carbocycles. The minimum Gasteiger partial charge on any atom is -0.508 e. The first-order valence-corrected chi connectivity index (χ1v) is 8.47. The van der Waals surface area contributed by atoms with Crippen LogP contribution in [0.3, 0.4) is 0 Å². The largest absolute Gasteiger partial charge is 0.508 e. The Kier molecular flexibility index (Phi) is 5.20. The molecule has 5 nitrogen and oxygen atoms in total. The summed E-state index contributed by atoms with van der Waals surface area (Å²) >= 11 is 0. The van der Waals surface area contributed by atoms with Gasteiger partial charge in [-0.2, -0.15) is 5.26 Å². The number of anilines is 1. The molecule has 0 aliphatic heterocycles. The molecule has 0 spiro atoms. The van der Waals surface area contributed by atoms with Gasteiger partial charge in [0.1, 0.15) is 17.2 Å². The molecule has 0 unspecified atom stereocenters. The highest BCUT2D eigenvalue weighted by atomic mass is 16.5. The van der Waals surface area contributed by atoms with Gasteiger partial charge in [-0.3, -0.25) is 4.79 Å². The van der Waals surface area contributed by atoms with Gasteiger partial charge in [0, 0.05) is 29.8 Å². The van der Waals surface area contributed by atoms with Crippen molar-refractivity contribution in [3.05, 3.63) is 48.0 Å². The molecule has 0 heterocycles. The fraction of sp³-hybridized carbons (Fsp3) is 0.300. The van der Waals surface area contributed by atoms with Crippen molar-refractivity contribution in [1.29, 1.82) is 5.26 Å². The van der Waals surface area contributed by atoms with Gasteiger partial charge >= 0.3 is 0 Å². The monoisotopic (exact) mass is 336 g/mol. The van der Waals surface area contributed by atoms with E-state index >= 15 is 0 Å². The zero-order chi connectivity index (χ0) is 17.6. The lowest BCUT2D eigenvalue weighted by atomic mass is 9.88. The molecule has 1 aliphatic carbocycles. The Hall–Kier alpha value is -3.00. The first kappa shape index (κ1) is 16.8. The number of ether oxygens (including phenoxy) is 1. The summed E-state index contributed by atoms with van der Waals surface area (Å²) in [6, 6.07) is 13.4. The quantitative estimate of drug-likeness (QED) is 0.856. The molecule has 1 aliphatic rings. The molecule has 25 heavy (non-hydrogen) atoms. The highest BCUT2D eigenvalue weighted by Gasteiger charge is 2.21. The molecular formula is C20H20N2O3. The van der Waals surface area contributed by atoms with Crippen LogP contribution in [0.25, 0.3) is 0 Å². The minimum absolute atomic E-state index is 0.00498. The van der Waals surface area contributed by atoms with Crippen LogP contribution in [0.4, 0.5) is 5.69 Å². The van der Waals surface area contributed by atoms with Gasteiger partial charge in [0.05, 0.1) is 11.6 Å². The second kappa shape index (κ2) is 7.71. The number of aromatic hydroxyl groups is 1. The Balaban J connectivity index is 1.71. The second-order valence-corrected chi connectivity index (χ2v) is 6.28. The third kappa shape index (κ3) is 4.51. The minimum atomic E-state index is -0.00498. The van der Waals surface area contributed by atoms with E-state index in [9.17, 15) is 9.90 Å². The van der Waals surface area contributed by atoms with E-state index in [1.807, 2.05) is 6.07 Å². The Morgan fingerprint density at radius 1 is 1.08 bits per heavy atom. The summed E-state index contributed by atoms with van der Waals surface area (Å²) in [5.41, 5.74) is 1.06. The lowest BCUT2D eigenvalue weighted by Gasteiger charge is -2.21. The Bertz CT molecular complexity index is 788. The molecule has 0 bridgehead atoms. The second-order valence-electron chi connectivity index (χ2n) is 6.28. The maximum atomic E-state index is 12.4. The number of nitrogens with one attached hydrogen (secondary N) is 1. The van der Waals surface area contributed by atoms with Gasteiger partial charge in [-0.05, 0) is 37.1 Å². The lowest BCUT2D eigenvalue weighted by molar-refractivity contribution is -0.120. The molecule has 5 heteroatoms. The van der Waals surface area contributed by atoms with E-state index in [0.29, 0.717) is 22.7 Å². The van der Waals surface area contributed by atoms with Crippen molar-refractivity contribution >= 4 is 11.6 Å². The van der Waals surface area contributed by atoms with Crippen molar-refractivity contribution in [3.8, 4) is 23.3 Å². The zero-order valence-electron chi connectivity index (χ0n) is 13.9. The number of phenolic OH excluding ortho intramolecular Hbond substituents is 1. The molecule has 3 rings (SSSR count). The van der Waals surface area contributed by atoms with Crippen molar-refractivity contribution in [2.24, 2.45) is 5.92 Å². The Morgan fingerprint density at radius 2 is 1.80 bits per heavy atom. The van der Waals surface area contributed by atoms with Crippen LogP contribution >= 0.6 is 0 Å². The number of amides is 1. The normalized spacial score (nSPS) is 14.5. The van der Waals surface area contributed by atoms with Gasteiger partial charge in [-0.25, -0.2) is 0 Å². The molecule has 0 radical (unpaired) electrons. The predicted octanol–water partition coefficient (Wildman–Crippen LogP) is 4.57. The summed E-state index contributed by atoms with van der Waals surface area (Å²) in [6.07, 6.45) is 5.20. The van der Waals surface area contributed by atoms with Gasteiger partial charge in [-0.15, -0.1) is 0 Å². The van der Waals surface area contributed by atoms with E-state index in [2.05, 4.69) is 5.32 Å². The predicted molar refractivity (Wildman–Crippen MR) is 94.5 cm³/mol. The maximum Gasteiger partial charge on any atom is 0.227 e. The smallest absolute Gasteiger partial charge is 0.227 e. The number of carbonyl (C=O) groups excluding carboxylic acids is 1. The molecule has 1 amide bonds. The van der Waals surface area contributed by atoms with Crippen LogP contribution in [0.5, 0.6) is 17.2 Å². The van der Waals surface area contributed by atoms with E-state index in [0.717, 1.165) is 25.7 Å². The van der Waals surface area contributed by atoms with Crippen molar-refractivity contribution in [1.82, 2.24) is 0 Å². The molecule has 2 aromatic rings. The molecule has 0 saturated heterocycles. The highest BCUT2D eigenvalue weighted by molar-refractivity contribution is 5.93. The highest BCUT2D eigenvalue weighted by Crippen LogP contribution is 2.31. The lowest BCUT2D eigenvalue weighted by Crippen LogP contribution is -2.24. The van der Waals surface area contributed by atoms with E-state index in [1.54, 1.807) is 30.3 Å². The van der Waals surface area contributed by atoms with Crippen LogP contribution in [0.1, 0.15) is 37.7 Å². The fourth-order valence-electron chi connectivity index (χ4n) is 3.06. The summed E-state index contributed by atoms with van der Waals surface area (Å²) in [6.45, 7) is 0. The Morgan fingerprint density at radius 3 is 2.48 bits per heavy atom. The van der Waals surface area contributed by atoms with Crippen molar-refractivity contribution in [2.45, 2.75) is 32.1 Å². The number of hydrogen-bond donors (Lipinski definition) is 2. The number of nitriles is 1. The third-order valence-electron chi connectivity index (χ3n) is 4.35. The van der Waals surface area contributed by atoms with Crippen LogP contribution in [0.15, 0.2) is 42.5 Å². The fourth-order valence-corrected chi connectivity index (χ4v) is 3.06. The number of carbonyl (C=O) groups is 1. The van der Waals surface area contributed by atoms with Gasteiger partial charge in [0.2, 0.25) is 5.91 Å². The van der Waals surface area contributed by atoms with Crippen LogP contribution in [-0.4, -0.2) is 11.0 Å². The first-order valence-electron chi connectivity index (χ1n) is 8.47. The Labute approximate surface area is 146 Å². The molecule has 2 N–H and O–H groups in total. The molecule has 0 atom stereocenters. The van der Waals surface area contributed by atoms with Crippen molar-refractivity contribution < 1.29 is 14.6 Å². The molecule has 128 valence electrons.